The van der Waals surface area contributed by atoms with Crippen LogP contribution in [-0.4, -0.2) is 5.78 Å². The summed E-state index contributed by atoms with van der Waals surface area (Å²) in [6.45, 7) is 2.03. The predicted molar refractivity (Wildman–Crippen MR) is 80.0 cm³/mol. The van der Waals surface area contributed by atoms with E-state index in [1.807, 2.05) is 31.2 Å². The second-order valence-electron chi connectivity index (χ2n) is 5.18. The van der Waals surface area contributed by atoms with E-state index >= 15 is 0 Å². The van der Waals surface area contributed by atoms with Crippen molar-refractivity contribution in [2.75, 3.05) is 0 Å². The summed E-state index contributed by atoms with van der Waals surface area (Å²) in [5, 5.41) is 0.619. The van der Waals surface area contributed by atoms with Crippen molar-refractivity contribution in [2.45, 2.75) is 19.8 Å². The zero-order valence-corrected chi connectivity index (χ0v) is 11.7. The highest BCUT2D eigenvalue weighted by Gasteiger charge is 2.14. The van der Waals surface area contributed by atoms with Crippen molar-refractivity contribution in [1.29, 1.82) is 0 Å². The fraction of sp³-hybridized carbons (Fsp3) is 0.167. The molecule has 0 fully saturated rings. The van der Waals surface area contributed by atoms with Crippen LogP contribution in [0, 0.1) is 12.7 Å². The first-order valence-electron chi connectivity index (χ1n) is 6.90. The van der Waals surface area contributed by atoms with Gasteiger partial charge < -0.3 is 4.42 Å². The minimum atomic E-state index is -0.440. The van der Waals surface area contributed by atoms with Gasteiger partial charge in [-0.05, 0) is 31.0 Å². The maximum atomic E-state index is 13.5. The summed E-state index contributed by atoms with van der Waals surface area (Å²) in [4.78, 5) is 12.1. The van der Waals surface area contributed by atoms with Crippen LogP contribution in [0.5, 0.6) is 0 Å². The van der Waals surface area contributed by atoms with Crippen LogP contribution in [0.15, 0.2) is 52.9 Å². The Morgan fingerprint density at radius 1 is 1.14 bits per heavy atom. The molecule has 0 aliphatic carbocycles. The predicted octanol–water partition coefficient (Wildman–Crippen LogP) is 4.70. The number of rotatable bonds is 4. The van der Waals surface area contributed by atoms with Gasteiger partial charge in [0.05, 0.1) is 0 Å². The molecule has 1 aromatic heterocycles. The molecule has 2 nitrogen and oxygen atoms in total. The lowest BCUT2D eigenvalue weighted by molar-refractivity contribution is 0.0958. The molecule has 0 unspecified atom stereocenters. The van der Waals surface area contributed by atoms with E-state index in [1.54, 1.807) is 18.2 Å². The van der Waals surface area contributed by atoms with Gasteiger partial charge in [-0.15, -0.1) is 0 Å². The van der Waals surface area contributed by atoms with Crippen molar-refractivity contribution < 1.29 is 13.6 Å². The van der Waals surface area contributed by atoms with Crippen LogP contribution >= 0.6 is 0 Å². The van der Waals surface area contributed by atoms with E-state index in [9.17, 15) is 9.18 Å². The number of hydrogen-bond donors (Lipinski definition) is 0. The van der Waals surface area contributed by atoms with Gasteiger partial charge in [-0.1, -0.05) is 42.0 Å². The van der Waals surface area contributed by atoms with Crippen molar-refractivity contribution >= 4 is 16.8 Å². The molecule has 0 saturated carbocycles. The molecule has 0 saturated heterocycles. The van der Waals surface area contributed by atoms with Gasteiger partial charge in [-0.3, -0.25) is 4.79 Å². The lowest BCUT2D eigenvalue weighted by atomic mass is 10.1. The zero-order chi connectivity index (χ0) is 14.8. The Kier molecular flexibility index (Phi) is 3.57. The fourth-order valence-electron chi connectivity index (χ4n) is 2.30. The maximum absolute atomic E-state index is 13.5. The number of ketones is 1. The molecule has 0 radical (unpaired) electrons. The average molecular weight is 282 g/mol. The Morgan fingerprint density at radius 3 is 2.62 bits per heavy atom. The summed E-state index contributed by atoms with van der Waals surface area (Å²) < 4.78 is 18.9. The van der Waals surface area contributed by atoms with Crippen molar-refractivity contribution in [3.05, 3.63) is 71.2 Å². The molecule has 3 rings (SSSR count). The number of carbonyl (C=O) groups is 1. The highest BCUT2D eigenvalue weighted by molar-refractivity contribution is 5.97. The van der Waals surface area contributed by atoms with Crippen LogP contribution < -0.4 is 0 Å². The van der Waals surface area contributed by atoms with Crippen molar-refractivity contribution in [1.82, 2.24) is 0 Å². The topological polar surface area (TPSA) is 30.2 Å². The zero-order valence-electron chi connectivity index (χ0n) is 11.7. The van der Waals surface area contributed by atoms with E-state index in [0.717, 1.165) is 5.56 Å². The molecule has 3 heteroatoms. The van der Waals surface area contributed by atoms with Gasteiger partial charge in [-0.2, -0.15) is 0 Å². The molecular weight excluding hydrogens is 267 g/mol. The molecule has 0 aliphatic rings. The Balaban J connectivity index is 1.75. The van der Waals surface area contributed by atoms with Gasteiger partial charge >= 0.3 is 0 Å². The summed E-state index contributed by atoms with van der Waals surface area (Å²) in [6.07, 6.45) is 1.00. The van der Waals surface area contributed by atoms with Crippen LogP contribution in [0.1, 0.15) is 28.1 Å². The summed E-state index contributed by atoms with van der Waals surface area (Å²) >= 11 is 0. The maximum Gasteiger partial charge on any atom is 0.198 e. The molecule has 0 amide bonds. The Labute approximate surface area is 122 Å². The lowest BCUT2D eigenvalue weighted by Gasteiger charge is -2.00. The van der Waals surface area contributed by atoms with Gasteiger partial charge in [0, 0.05) is 11.8 Å². The third-order valence-corrected chi connectivity index (χ3v) is 3.53. The first-order chi connectivity index (χ1) is 10.1. The average Bonchev–Trinajstić information content (AvgIpc) is 2.92. The van der Waals surface area contributed by atoms with E-state index in [4.69, 9.17) is 4.42 Å². The number of furan rings is 1. The molecule has 0 N–H and O–H groups in total. The fourth-order valence-corrected chi connectivity index (χ4v) is 2.30. The van der Waals surface area contributed by atoms with Gasteiger partial charge in [0.15, 0.2) is 22.9 Å². The number of carbonyl (C=O) groups excluding carboxylic acids is 1. The largest absolute Gasteiger partial charge is 0.450 e. The van der Waals surface area contributed by atoms with Crippen LogP contribution in [-0.2, 0) is 6.42 Å². The van der Waals surface area contributed by atoms with Gasteiger partial charge in [0.2, 0.25) is 0 Å². The Bertz CT molecular complexity index is 785. The minimum Gasteiger partial charge on any atom is -0.450 e. The summed E-state index contributed by atoms with van der Waals surface area (Å²) in [6, 6.07) is 14.4. The molecule has 106 valence electrons. The molecule has 0 aliphatic heterocycles. The molecule has 0 atom stereocenters. The number of halogens is 1. The lowest BCUT2D eigenvalue weighted by Crippen LogP contribution is -1.99. The van der Waals surface area contributed by atoms with Crippen LogP contribution in [0.3, 0.4) is 0 Å². The number of hydrogen-bond acceptors (Lipinski definition) is 2. The molecular formula is C18H15FO2. The summed E-state index contributed by atoms with van der Waals surface area (Å²) in [5.74, 6) is -0.321. The number of Topliss-reactive ketones (excluding diaryl/α,β-unsaturated/α-hetero) is 1. The van der Waals surface area contributed by atoms with Gasteiger partial charge in [0.1, 0.15) is 0 Å². The van der Waals surface area contributed by atoms with Gasteiger partial charge in [-0.25, -0.2) is 4.39 Å². The normalized spacial score (nSPS) is 11.0. The van der Waals surface area contributed by atoms with E-state index in [2.05, 4.69) is 0 Å². The van der Waals surface area contributed by atoms with Crippen LogP contribution in [0.2, 0.25) is 0 Å². The second kappa shape index (κ2) is 5.52. The van der Waals surface area contributed by atoms with E-state index < -0.39 is 5.82 Å². The molecule has 21 heavy (non-hydrogen) atoms. The number of fused-ring (bicyclic) bond motifs is 1. The smallest absolute Gasteiger partial charge is 0.198 e. The Hall–Kier alpha value is -2.42. The standard InChI is InChI=1S/C18H15FO2/c1-12-5-7-13(8-6-12)9-10-16(20)17-11-14-3-2-4-15(19)18(14)21-17/h2-8,11H,9-10H2,1H3. The third-order valence-electron chi connectivity index (χ3n) is 3.53. The SMILES string of the molecule is Cc1ccc(CCC(=O)c2cc3cccc(F)c3o2)cc1. The van der Waals surface area contributed by atoms with Crippen molar-refractivity contribution in [2.24, 2.45) is 0 Å². The third kappa shape index (κ3) is 2.87. The van der Waals surface area contributed by atoms with E-state index in [0.29, 0.717) is 18.2 Å². The van der Waals surface area contributed by atoms with Crippen molar-refractivity contribution in [3.8, 4) is 0 Å². The monoisotopic (exact) mass is 282 g/mol. The van der Waals surface area contributed by atoms with Crippen LogP contribution in [0.25, 0.3) is 11.0 Å². The number of aryl methyl sites for hydroxylation is 2. The molecule has 3 aromatic rings. The van der Waals surface area contributed by atoms with E-state index in [1.165, 1.54) is 11.6 Å². The number of para-hydroxylation sites is 1. The van der Waals surface area contributed by atoms with E-state index in [-0.39, 0.29) is 17.1 Å². The van der Waals surface area contributed by atoms with Crippen molar-refractivity contribution in [3.63, 3.8) is 0 Å². The Morgan fingerprint density at radius 2 is 1.90 bits per heavy atom. The molecule has 1 heterocycles. The minimum absolute atomic E-state index is 0.105. The highest BCUT2D eigenvalue weighted by atomic mass is 19.1. The van der Waals surface area contributed by atoms with Crippen LogP contribution in [0.4, 0.5) is 4.39 Å². The summed E-state index contributed by atoms with van der Waals surface area (Å²) in [7, 11) is 0. The first-order valence-corrected chi connectivity index (χ1v) is 6.90. The highest BCUT2D eigenvalue weighted by Crippen LogP contribution is 2.23. The molecule has 2 aromatic carbocycles. The number of benzene rings is 2. The molecule has 0 spiro atoms. The van der Waals surface area contributed by atoms with Gasteiger partial charge in [0.25, 0.3) is 0 Å². The summed E-state index contributed by atoms with van der Waals surface area (Å²) in [5.41, 5.74) is 2.45. The first kappa shape index (κ1) is 13.6. The second-order valence-corrected chi connectivity index (χ2v) is 5.18. The quantitative estimate of drug-likeness (QED) is 0.649. The molecule has 0 bridgehead atoms.